The third kappa shape index (κ3) is 5.83. The summed E-state index contributed by atoms with van der Waals surface area (Å²) < 4.78 is 10.8. The number of methoxy groups -OCH3 is 1. The van der Waals surface area contributed by atoms with Gasteiger partial charge in [-0.2, -0.15) is 5.10 Å². The molecule has 1 unspecified atom stereocenters. The van der Waals surface area contributed by atoms with Crippen molar-refractivity contribution >= 4 is 46.4 Å². The van der Waals surface area contributed by atoms with Gasteiger partial charge in [0, 0.05) is 6.07 Å². The molecular formula is C19H15N5O9S. The molecule has 2 aromatic rings. The fourth-order valence-electron chi connectivity index (χ4n) is 2.71. The quantitative estimate of drug-likeness (QED) is 0.300. The van der Waals surface area contributed by atoms with Crippen LogP contribution in [0.4, 0.5) is 11.4 Å². The molecule has 1 aliphatic heterocycles. The number of nitrogens with one attached hydrogen (secondary N) is 1. The lowest BCUT2D eigenvalue weighted by Gasteiger charge is -2.11. The number of carboxylic acid groups (broad SMARTS) is 1. The van der Waals surface area contributed by atoms with Crippen molar-refractivity contribution in [2.45, 2.75) is 11.7 Å². The van der Waals surface area contributed by atoms with Crippen LogP contribution in [0.15, 0.2) is 46.6 Å². The van der Waals surface area contributed by atoms with E-state index in [9.17, 15) is 29.8 Å². The number of thioether (sulfide) groups is 1. The molecule has 176 valence electrons. The number of carbonyl (C=O) groups is 2. The highest BCUT2D eigenvalue weighted by Gasteiger charge is 2.32. The highest BCUT2D eigenvalue weighted by Crippen LogP contribution is 2.38. The number of nitro benzene ring substituents is 2. The molecule has 2 aromatic carbocycles. The average Bonchev–Trinajstić information content (AvgIpc) is 3.12. The van der Waals surface area contributed by atoms with Crippen LogP contribution < -0.4 is 14.8 Å². The van der Waals surface area contributed by atoms with Crippen LogP contribution in [0.1, 0.15) is 12.0 Å². The van der Waals surface area contributed by atoms with Crippen molar-refractivity contribution in [2.75, 3.05) is 7.11 Å². The van der Waals surface area contributed by atoms with E-state index in [1.165, 1.54) is 25.5 Å². The number of hydrogen-bond donors (Lipinski definition) is 2. The van der Waals surface area contributed by atoms with E-state index in [0.717, 1.165) is 30.0 Å². The summed E-state index contributed by atoms with van der Waals surface area (Å²) in [6, 6.07) is 7.49. The Morgan fingerprint density at radius 2 is 1.91 bits per heavy atom. The fourth-order valence-corrected chi connectivity index (χ4v) is 3.62. The second kappa shape index (κ2) is 10.4. The molecule has 0 bridgehead atoms. The number of hydrogen-bond acceptors (Lipinski definition) is 11. The topological polar surface area (TPSA) is 196 Å². The Kier molecular flexibility index (Phi) is 7.37. The van der Waals surface area contributed by atoms with Crippen molar-refractivity contribution in [3.05, 3.63) is 62.2 Å². The van der Waals surface area contributed by atoms with Crippen molar-refractivity contribution in [1.82, 2.24) is 5.32 Å². The van der Waals surface area contributed by atoms with Gasteiger partial charge in [-0.15, -0.1) is 5.10 Å². The van der Waals surface area contributed by atoms with Gasteiger partial charge in [-0.3, -0.25) is 29.8 Å². The second-order valence-corrected chi connectivity index (χ2v) is 7.71. The molecule has 0 spiro atoms. The van der Waals surface area contributed by atoms with Crippen LogP contribution in [0.2, 0.25) is 0 Å². The average molecular weight is 489 g/mol. The highest BCUT2D eigenvalue weighted by molar-refractivity contribution is 8.15. The van der Waals surface area contributed by atoms with Gasteiger partial charge in [-0.1, -0.05) is 11.8 Å². The summed E-state index contributed by atoms with van der Waals surface area (Å²) in [5, 5.41) is 40.5. The molecule has 1 heterocycles. The number of rotatable bonds is 9. The molecular weight excluding hydrogens is 474 g/mol. The Balaban J connectivity index is 1.77. The van der Waals surface area contributed by atoms with E-state index in [2.05, 4.69) is 15.5 Å². The lowest BCUT2D eigenvalue weighted by molar-refractivity contribution is -0.394. The summed E-state index contributed by atoms with van der Waals surface area (Å²) in [5.74, 6) is -1.49. The van der Waals surface area contributed by atoms with E-state index in [4.69, 9.17) is 14.6 Å². The second-order valence-electron chi connectivity index (χ2n) is 6.52. The predicted molar refractivity (Wildman–Crippen MR) is 120 cm³/mol. The Hall–Kier alpha value is -4.53. The zero-order valence-electron chi connectivity index (χ0n) is 17.2. The number of aliphatic carboxylic acids is 1. The van der Waals surface area contributed by atoms with Crippen LogP contribution >= 0.6 is 11.8 Å². The molecule has 3 rings (SSSR count). The van der Waals surface area contributed by atoms with Crippen LogP contribution in [-0.4, -0.2) is 50.6 Å². The summed E-state index contributed by atoms with van der Waals surface area (Å²) >= 11 is 0.953. The van der Waals surface area contributed by atoms with Crippen LogP contribution in [-0.2, 0) is 9.59 Å². The van der Waals surface area contributed by atoms with Gasteiger partial charge in [0.1, 0.15) is 5.25 Å². The molecule has 1 amide bonds. The van der Waals surface area contributed by atoms with Gasteiger partial charge in [0.15, 0.2) is 16.7 Å². The largest absolute Gasteiger partial charge is 0.493 e. The first-order chi connectivity index (χ1) is 16.2. The lowest BCUT2D eigenvalue weighted by Crippen LogP contribution is -2.26. The Labute approximate surface area is 194 Å². The molecule has 1 saturated heterocycles. The van der Waals surface area contributed by atoms with Gasteiger partial charge in [-0.05, 0) is 29.8 Å². The smallest absolute Gasteiger partial charge is 0.318 e. The van der Waals surface area contributed by atoms with Crippen molar-refractivity contribution in [3.63, 3.8) is 0 Å². The number of carboxylic acids is 1. The fraction of sp³-hybridized carbons (Fsp3) is 0.158. The summed E-state index contributed by atoms with van der Waals surface area (Å²) in [6.07, 6.45) is 0.996. The first-order valence-corrected chi connectivity index (χ1v) is 10.1. The first kappa shape index (κ1) is 24.1. The number of amides is 1. The summed E-state index contributed by atoms with van der Waals surface area (Å²) in [7, 11) is 1.35. The number of ether oxygens (including phenoxy) is 2. The monoisotopic (exact) mass is 489 g/mol. The van der Waals surface area contributed by atoms with Gasteiger partial charge < -0.3 is 19.9 Å². The van der Waals surface area contributed by atoms with Crippen molar-refractivity contribution < 1.29 is 34.0 Å². The van der Waals surface area contributed by atoms with Gasteiger partial charge in [0.25, 0.3) is 5.69 Å². The summed E-state index contributed by atoms with van der Waals surface area (Å²) in [4.78, 5) is 43.1. The van der Waals surface area contributed by atoms with Crippen molar-refractivity contribution in [2.24, 2.45) is 10.2 Å². The van der Waals surface area contributed by atoms with E-state index in [1.54, 1.807) is 6.07 Å². The maximum Gasteiger partial charge on any atom is 0.318 e. The Morgan fingerprint density at radius 3 is 2.56 bits per heavy atom. The molecule has 0 aliphatic carbocycles. The lowest BCUT2D eigenvalue weighted by atomic mass is 10.2. The Bertz CT molecular complexity index is 1230. The van der Waals surface area contributed by atoms with E-state index in [-0.39, 0.29) is 28.8 Å². The zero-order valence-corrected chi connectivity index (χ0v) is 18.1. The molecule has 0 saturated carbocycles. The number of nitrogens with zero attached hydrogens (tertiary/aromatic N) is 4. The van der Waals surface area contributed by atoms with E-state index >= 15 is 0 Å². The maximum absolute atomic E-state index is 11.7. The molecule has 0 aromatic heterocycles. The molecule has 1 aliphatic rings. The normalized spacial score (nSPS) is 16.4. The number of non-ortho nitro benzene ring substituents is 1. The van der Waals surface area contributed by atoms with Crippen molar-refractivity contribution in [3.8, 4) is 17.2 Å². The minimum atomic E-state index is -1.11. The summed E-state index contributed by atoms with van der Waals surface area (Å²) in [6.45, 7) is 0. The zero-order chi connectivity index (χ0) is 24.8. The SMILES string of the molecule is COc1cc(C=NN=C2NC(=O)C(CC(=O)O)S2)ccc1Oc1ccc([N+](=O)[O-])cc1[N+](=O)[O-]. The molecule has 1 fully saturated rings. The summed E-state index contributed by atoms with van der Waals surface area (Å²) in [5.41, 5.74) is -0.539. The van der Waals surface area contributed by atoms with Crippen LogP contribution in [0.3, 0.4) is 0 Å². The van der Waals surface area contributed by atoms with Gasteiger partial charge in [-0.25, -0.2) is 0 Å². The molecule has 0 radical (unpaired) electrons. The molecule has 34 heavy (non-hydrogen) atoms. The minimum Gasteiger partial charge on any atom is -0.493 e. The number of nitro groups is 2. The van der Waals surface area contributed by atoms with E-state index < -0.39 is 38.3 Å². The van der Waals surface area contributed by atoms with Gasteiger partial charge in [0.05, 0.1) is 35.7 Å². The van der Waals surface area contributed by atoms with E-state index in [1.807, 2.05) is 0 Å². The third-order valence-corrected chi connectivity index (χ3v) is 5.32. The standard InChI is InChI=1S/C19H15N5O9S/c1-32-15-6-10(9-20-22-19-21-18(27)16(34-19)8-17(25)26)2-4-14(15)33-13-5-3-11(23(28)29)7-12(13)24(30)31/h2-7,9,16H,8H2,1H3,(H,25,26)(H,21,22,27). The predicted octanol–water partition coefficient (Wildman–Crippen LogP) is 2.70. The van der Waals surface area contributed by atoms with Crippen LogP contribution in [0.25, 0.3) is 0 Å². The highest BCUT2D eigenvalue weighted by atomic mass is 32.2. The molecule has 14 nitrogen and oxygen atoms in total. The molecule has 2 N–H and O–H groups in total. The Morgan fingerprint density at radius 1 is 1.18 bits per heavy atom. The van der Waals surface area contributed by atoms with Crippen LogP contribution in [0.5, 0.6) is 17.2 Å². The molecule has 15 heteroatoms. The van der Waals surface area contributed by atoms with Crippen molar-refractivity contribution in [1.29, 1.82) is 0 Å². The molecule has 1 atom stereocenters. The minimum absolute atomic E-state index is 0.109. The third-order valence-electron chi connectivity index (χ3n) is 4.25. The first-order valence-electron chi connectivity index (χ1n) is 9.27. The van der Waals surface area contributed by atoms with E-state index in [0.29, 0.717) is 5.56 Å². The van der Waals surface area contributed by atoms with Gasteiger partial charge >= 0.3 is 11.7 Å². The van der Waals surface area contributed by atoms with Crippen LogP contribution in [0, 0.1) is 20.2 Å². The van der Waals surface area contributed by atoms with Gasteiger partial charge in [0.2, 0.25) is 11.7 Å². The number of benzene rings is 2. The maximum atomic E-state index is 11.7. The number of amidine groups is 1. The number of carbonyl (C=O) groups excluding carboxylic acids is 1.